The molecule has 1 aromatic heterocycles. The van der Waals surface area contributed by atoms with Crippen molar-refractivity contribution in [2.24, 2.45) is 5.10 Å². The van der Waals surface area contributed by atoms with Gasteiger partial charge in [0.05, 0.1) is 23.7 Å². The predicted octanol–water partition coefficient (Wildman–Crippen LogP) is 6.83. The SMILES string of the molecule is CCCc1nc2ccc(Br)cc2c(=O)n1N=Cc1cc(OCC)c(OCC(=O)Nc2ccccc2)c(Cl)c1Br. The van der Waals surface area contributed by atoms with Gasteiger partial charge in [0.1, 0.15) is 10.8 Å². The molecule has 0 radical (unpaired) electrons. The first-order chi connectivity index (χ1) is 18.8. The van der Waals surface area contributed by atoms with Crippen LogP contribution >= 0.6 is 43.5 Å². The van der Waals surface area contributed by atoms with Gasteiger partial charge in [0.25, 0.3) is 11.5 Å². The van der Waals surface area contributed by atoms with E-state index in [1.54, 1.807) is 30.3 Å². The van der Waals surface area contributed by atoms with E-state index < -0.39 is 0 Å². The summed E-state index contributed by atoms with van der Waals surface area (Å²) in [4.78, 5) is 30.4. The summed E-state index contributed by atoms with van der Waals surface area (Å²) < 4.78 is 14.1. The van der Waals surface area contributed by atoms with E-state index >= 15 is 0 Å². The Morgan fingerprint density at radius 3 is 2.62 bits per heavy atom. The van der Waals surface area contributed by atoms with Crippen molar-refractivity contribution < 1.29 is 14.3 Å². The highest BCUT2D eigenvalue weighted by molar-refractivity contribution is 9.10. The molecule has 0 atom stereocenters. The van der Waals surface area contributed by atoms with Crippen molar-refractivity contribution in [1.29, 1.82) is 0 Å². The van der Waals surface area contributed by atoms with Crippen molar-refractivity contribution in [3.8, 4) is 11.5 Å². The number of aromatic nitrogens is 2. The molecule has 0 aliphatic carbocycles. The van der Waals surface area contributed by atoms with Crippen molar-refractivity contribution in [2.45, 2.75) is 26.7 Å². The van der Waals surface area contributed by atoms with Crippen LogP contribution in [0.5, 0.6) is 11.5 Å². The Balaban J connectivity index is 1.66. The lowest BCUT2D eigenvalue weighted by Crippen LogP contribution is -2.22. The first kappa shape index (κ1) is 28.8. The fourth-order valence-electron chi connectivity index (χ4n) is 3.77. The highest BCUT2D eigenvalue weighted by Gasteiger charge is 2.19. The molecule has 39 heavy (non-hydrogen) atoms. The summed E-state index contributed by atoms with van der Waals surface area (Å²) in [6.45, 7) is 3.90. The molecular formula is C28H25Br2ClN4O4. The van der Waals surface area contributed by atoms with E-state index in [4.69, 9.17) is 21.1 Å². The molecule has 0 bridgehead atoms. The number of fused-ring (bicyclic) bond motifs is 1. The van der Waals surface area contributed by atoms with Crippen molar-refractivity contribution in [1.82, 2.24) is 9.66 Å². The first-order valence-electron chi connectivity index (χ1n) is 12.2. The Morgan fingerprint density at radius 1 is 1.13 bits per heavy atom. The molecule has 11 heteroatoms. The van der Waals surface area contributed by atoms with Gasteiger partial charge in [-0.25, -0.2) is 4.98 Å². The maximum Gasteiger partial charge on any atom is 0.282 e. The molecule has 0 saturated heterocycles. The van der Waals surface area contributed by atoms with Gasteiger partial charge in [0.2, 0.25) is 0 Å². The van der Waals surface area contributed by atoms with Crippen molar-refractivity contribution in [2.75, 3.05) is 18.5 Å². The normalized spacial score (nSPS) is 11.2. The zero-order chi connectivity index (χ0) is 27.9. The van der Waals surface area contributed by atoms with Gasteiger partial charge in [-0.15, -0.1) is 0 Å². The standard InChI is InChI=1S/C28H25Br2ClN4O4/c1-3-8-23-34-21-12-11-18(29)14-20(21)28(37)35(23)32-15-17-13-22(38-4-2)27(26(31)25(17)30)39-16-24(36)33-19-9-6-5-7-10-19/h5-7,9-15H,3-4,8,16H2,1-2H3,(H,33,36). The summed E-state index contributed by atoms with van der Waals surface area (Å²) in [5.74, 6) is 0.748. The Bertz CT molecular complexity index is 1590. The van der Waals surface area contributed by atoms with Crippen LogP contribution in [0.3, 0.4) is 0 Å². The molecule has 8 nitrogen and oxygen atoms in total. The van der Waals surface area contributed by atoms with Gasteiger partial charge in [-0.1, -0.05) is 52.7 Å². The molecule has 0 fully saturated rings. The number of carbonyl (C=O) groups excluding carboxylic acids is 1. The minimum Gasteiger partial charge on any atom is -0.490 e. The average molecular weight is 677 g/mol. The zero-order valence-electron chi connectivity index (χ0n) is 21.2. The minimum absolute atomic E-state index is 0.205. The topological polar surface area (TPSA) is 94.8 Å². The van der Waals surface area contributed by atoms with Crippen LogP contribution in [0.15, 0.2) is 73.4 Å². The van der Waals surface area contributed by atoms with Crippen LogP contribution in [0.25, 0.3) is 10.9 Å². The van der Waals surface area contributed by atoms with E-state index in [1.165, 1.54) is 10.9 Å². The van der Waals surface area contributed by atoms with Gasteiger partial charge in [0, 0.05) is 26.6 Å². The Kier molecular flexibility index (Phi) is 9.77. The second kappa shape index (κ2) is 13.2. The largest absolute Gasteiger partial charge is 0.490 e. The number of rotatable bonds is 10. The number of halogens is 3. The number of benzene rings is 3. The van der Waals surface area contributed by atoms with Crippen LogP contribution in [0, 0.1) is 0 Å². The van der Waals surface area contributed by atoms with Crippen molar-refractivity contribution in [3.05, 3.63) is 90.3 Å². The van der Waals surface area contributed by atoms with Gasteiger partial charge in [-0.05, 0) is 65.7 Å². The predicted molar refractivity (Wildman–Crippen MR) is 162 cm³/mol. The summed E-state index contributed by atoms with van der Waals surface area (Å²) in [7, 11) is 0. The molecule has 1 N–H and O–H groups in total. The molecule has 202 valence electrons. The van der Waals surface area contributed by atoms with Crippen molar-refractivity contribution >= 4 is 72.2 Å². The maximum absolute atomic E-state index is 13.3. The Hall–Kier alpha value is -3.21. The summed E-state index contributed by atoms with van der Waals surface area (Å²) in [5.41, 5.74) is 1.54. The van der Waals surface area contributed by atoms with E-state index in [2.05, 4.69) is 47.3 Å². The monoisotopic (exact) mass is 674 g/mol. The molecule has 0 aliphatic heterocycles. The van der Waals surface area contributed by atoms with E-state index in [-0.39, 0.29) is 28.8 Å². The Labute approximate surface area is 247 Å². The van der Waals surface area contributed by atoms with Gasteiger partial charge >= 0.3 is 0 Å². The Morgan fingerprint density at radius 2 is 1.90 bits per heavy atom. The third-order valence-corrected chi connectivity index (χ3v) is 7.46. The third-order valence-electron chi connectivity index (χ3n) is 5.52. The third kappa shape index (κ3) is 6.87. The summed E-state index contributed by atoms with van der Waals surface area (Å²) in [6, 6.07) is 16.1. The van der Waals surface area contributed by atoms with Gasteiger partial charge < -0.3 is 14.8 Å². The maximum atomic E-state index is 13.3. The number of nitrogens with one attached hydrogen (secondary N) is 1. The van der Waals surface area contributed by atoms with Gasteiger partial charge in [0.15, 0.2) is 18.1 Å². The molecule has 0 spiro atoms. The number of aryl methyl sites for hydroxylation is 1. The number of carbonyl (C=O) groups is 1. The fraction of sp³-hybridized carbons (Fsp3) is 0.214. The smallest absolute Gasteiger partial charge is 0.282 e. The second-order valence-corrected chi connectivity index (χ2v) is 10.4. The number of anilines is 1. The molecule has 1 amide bonds. The highest BCUT2D eigenvalue weighted by Crippen LogP contribution is 2.42. The molecule has 4 rings (SSSR count). The van der Waals surface area contributed by atoms with Crippen LogP contribution in [-0.2, 0) is 11.2 Å². The molecule has 0 unspecified atom stereocenters. The summed E-state index contributed by atoms with van der Waals surface area (Å²) in [5, 5.41) is 7.90. The van der Waals surface area contributed by atoms with E-state index in [0.717, 1.165) is 10.9 Å². The molecule has 1 heterocycles. The number of ether oxygens (including phenoxy) is 2. The van der Waals surface area contributed by atoms with Crippen LogP contribution in [0.1, 0.15) is 31.7 Å². The minimum atomic E-state index is -0.347. The average Bonchev–Trinajstić information content (AvgIpc) is 2.92. The van der Waals surface area contributed by atoms with E-state index in [9.17, 15) is 9.59 Å². The van der Waals surface area contributed by atoms with E-state index in [0.29, 0.717) is 51.2 Å². The summed E-state index contributed by atoms with van der Waals surface area (Å²) in [6.07, 6.45) is 2.87. The molecular weight excluding hydrogens is 652 g/mol. The van der Waals surface area contributed by atoms with Crippen LogP contribution < -0.4 is 20.3 Å². The van der Waals surface area contributed by atoms with Crippen LogP contribution in [0.2, 0.25) is 5.02 Å². The van der Waals surface area contributed by atoms with Crippen LogP contribution in [-0.4, -0.2) is 35.0 Å². The van der Waals surface area contributed by atoms with Gasteiger partial charge in [-0.2, -0.15) is 9.78 Å². The lowest BCUT2D eigenvalue weighted by atomic mass is 10.2. The number of hydrogen-bond donors (Lipinski definition) is 1. The lowest BCUT2D eigenvalue weighted by molar-refractivity contribution is -0.118. The van der Waals surface area contributed by atoms with Crippen molar-refractivity contribution in [3.63, 3.8) is 0 Å². The first-order valence-corrected chi connectivity index (χ1v) is 14.2. The molecule has 0 aliphatic rings. The van der Waals surface area contributed by atoms with Gasteiger partial charge in [-0.3, -0.25) is 9.59 Å². The summed E-state index contributed by atoms with van der Waals surface area (Å²) >= 11 is 13.6. The molecule has 0 saturated carbocycles. The fourth-order valence-corrected chi connectivity index (χ4v) is 4.79. The lowest BCUT2D eigenvalue weighted by Gasteiger charge is -2.16. The number of para-hydroxylation sites is 1. The molecule has 4 aromatic rings. The second-order valence-electron chi connectivity index (χ2n) is 8.36. The number of hydrogen-bond acceptors (Lipinski definition) is 6. The number of nitrogens with zero attached hydrogens (tertiary/aromatic N) is 3. The number of amides is 1. The quantitative estimate of drug-likeness (QED) is 0.186. The van der Waals surface area contributed by atoms with Crippen LogP contribution in [0.4, 0.5) is 5.69 Å². The molecule has 3 aromatic carbocycles. The highest BCUT2D eigenvalue weighted by atomic mass is 79.9. The van der Waals surface area contributed by atoms with E-state index in [1.807, 2.05) is 38.1 Å². The zero-order valence-corrected chi connectivity index (χ0v) is 25.1.